The second-order valence-corrected chi connectivity index (χ2v) is 7.54. The Morgan fingerprint density at radius 2 is 1.97 bits per heavy atom. The van der Waals surface area contributed by atoms with Crippen molar-refractivity contribution < 1.29 is 23.1 Å². The Balaban J connectivity index is 2.17. The zero-order valence-electron chi connectivity index (χ0n) is 18.0. The third-order valence-electron chi connectivity index (χ3n) is 5.32. The first kappa shape index (κ1) is 24.1. The quantitative estimate of drug-likeness (QED) is 0.278. The fourth-order valence-corrected chi connectivity index (χ4v) is 3.72. The maximum absolute atomic E-state index is 14.5. The largest absolute Gasteiger partial charge is 0.425 e. The van der Waals surface area contributed by atoms with Crippen molar-refractivity contribution in [3.63, 3.8) is 0 Å². The van der Waals surface area contributed by atoms with Crippen LogP contribution in [0, 0.1) is 5.41 Å². The van der Waals surface area contributed by atoms with Gasteiger partial charge in [-0.2, -0.15) is 13.2 Å². The standard InChI is InChI=1S/C24H25F3N4O2/c1-3-11-29-22(32)30-20-10-9-17(13-16(20)14-28)23(33,24(25,26)27)19-15-31(12-4-2)21-8-6-5-7-18(19)21/h4-10,13-15,28,33H,2-3,11-12H2,1H3,(H2,29,30,32). The number of urea groups is 1. The zero-order valence-corrected chi connectivity index (χ0v) is 18.0. The van der Waals surface area contributed by atoms with Crippen LogP contribution in [-0.2, 0) is 12.1 Å². The lowest BCUT2D eigenvalue weighted by Crippen LogP contribution is -2.43. The molecule has 0 aliphatic rings. The number of halogens is 3. The van der Waals surface area contributed by atoms with Gasteiger partial charge in [0.05, 0.1) is 5.69 Å². The Kier molecular flexibility index (Phi) is 6.92. The van der Waals surface area contributed by atoms with E-state index in [2.05, 4.69) is 17.2 Å². The van der Waals surface area contributed by atoms with Gasteiger partial charge in [-0.15, -0.1) is 6.58 Å². The summed E-state index contributed by atoms with van der Waals surface area (Å²) in [6.07, 6.45) is -0.699. The van der Waals surface area contributed by atoms with E-state index in [-0.39, 0.29) is 28.7 Å². The van der Waals surface area contributed by atoms with Gasteiger partial charge < -0.3 is 25.7 Å². The third-order valence-corrected chi connectivity index (χ3v) is 5.32. The SMILES string of the molecule is C=CCn1cc(C(O)(c2ccc(NC(=O)NCCC)c(C=N)c2)C(F)(F)F)c2ccccc21. The molecule has 0 saturated heterocycles. The minimum absolute atomic E-state index is 0.0247. The highest BCUT2D eigenvalue weighted by Gasteiger charge is 2.57. The van der Waals surface area contributed by atoms with Crippen LogP contribution in [-0.4, -0.2) is 34.6 Å². The molecule has 1 heterocycles. The predicted octanol–water partition coefficient (Wildman–Crippen LogP) is 5.15. The number of allylic oxidation sites excluding steroid dienone is 1. The van der Waals surface area contributed by atoms with E-state index in [1.54, 1.807) is 28.8 Å². The molecule has 0 radical (unpaired) electrons. The molecule has 33 heavy (non-hydrogen) atoms. The van der Waals surface area contributed by atoms with Crippen LogP contribution in [0.15, 0.2) is 61.3 Å². The maximum atomic E-state index is 14.5. The highest BCUT2D eigenvalue weighted by Crippen LogP contribution is 2.47. The van der Waals surface area contributed by atoms with Gasteiger partial charge in [0, 0.05) is 47.5 Å². The number of anilines is 1. The summed E-state index contributed by atoms with van der Waals surface area (Å²) in [6.45, 7) is 6.21. The van der Waals surface area contributed by atoms with E-state index in [1.807, 2.05) is 6.92 Å². The maximum Gasteiger partial charge on any atom is 0.425 e. The molecule has 4 N–H and O–H groups in total. The number of aromatic nitrogens is 1. The smallest absolute Gasteiger partial charge is 0.372 e. The van der Waals surface area contributed by atoms with Crippen LogP contribution in [0.5, 0.6) is 0 Å². The Bertz CT molecular complexity index is 1190. The Hall–Kier alpha value is -3.59. The number of nitrogens with zero attached hydrogens (tertiary/aromatic N) is 1. The number of aliphatic hydroxyl groups is 1. The molecule has 0 saturated carbocycles. The second-order valence-electron chi connectivity index (χ2n) is 7.54. The van der Waals surface area contributed by atoms with Crippen molar-refractivity contribution in [2.75, 3.05) is 11.9 Å². The minimum Gasteiger partial charge on any atom is -0.372 e. The van der Waals surface area contributed by atoms with Gasteiger partial charge in [0.25, 0.3) is 0 Å². The molecule has 3 aromatic rings. The highest BCUT2D eigenvalue weighted by atomic mass is 19.4. The van der Waals surface area contributed by atoms with E-state index in [0.717, 1.165) is 18.3 Å². The summed E-state index contributed by atoms with van der Waals surface area (Å²) in [5.41, 5.74) is -3.44. The Morgan fingerprint density at radius 3 is 2.61 bits per heavy atom. The van der Waals surface area contributed by atoms with Gasteiger partial charge >= 0.3 is 12.2 Å². The number of carbonyl (C=O) groups excluding carboxylic acids is 1. The van der Waals surface area contributed by atoms with Gasteiger partial charge in [0.2, 0.25) is 5.60 Å². The van der Waals surface area contributed by atoms with Crippen LogP contribution in [0.25, 0.3) is 10.9 Å². The molecule has 0 bridgehead atoms. The van der Waals surface area contributed by atoms with Crippen molar-refractivity contribution in [3.8, 4) is 0 Å². The lowest BCUT2D eigenvalue weighted by Gasteiger charge is -2.31. The van der Waals surface area contributed by atoms with Crippen molar-refractivity contribution in [1.29, 1.82) is 5.41 Å². The predicted molar refractivity (Wildman–Crippen MR) is 123 cm³/mol. The molecule has 0 aliphatic carbocycles. The number of amides is 2. The first-order valence-electron chi connectivity index (χ1n) is 10.4. The van der Waals surface area contributed by atoms with Crippen LogP contribution >= 0.6 is 0 Å². The fraction of sp³-hybridized carbons (Fsp3) is 0.250. The first-order valence-corrected chi connectivity index (χ1v) is 10.4. The molecular weight excluding hydrogens is 433 g/mol. The number of fused-ring (bicyclic) bond motifs is 1. The molecule has 1 aromatic heterocycles. The third kappa shape index (κ3) is 4.49. The summed E-state index contributed by atoms with van der Waals surface area (Å²) in [7, 11) is 0. The fourth-order valence-electron chi connectivity index (χ4n) is 3.72. The number of nitrogens with one attached hydrogen (secondary N) is 3. The average Bonchev–Trinajstić information content (AvgIpc) is 3.16. The van der Waals surface area contributed by atoms with E-state index in [1.165, 1.54) is 18.3 Å². The van der Waals surface area contributed by atoms with Gasteiger partial charge in [-0.3, -0.25) is 0 Å². The summed E-state index contributed by atoms with van der Waals surface area (Å²) >= 11 is 0. The molecular formula is C24H25F3N4O2. The molecule has 1 unspecified atom stereocenters. The van der Waals surface area contributed by atoms with Crippen molar-refractivity contribution in [1.82, 2.24) is 9.88 Å². The van der Waals surface area contributed by atoms with E-state index < -0.39 is 23.4 Å². The van der Waals surface area contributed by atoms with E-state index in [9.17, 15) is 23.1 Å². The molecule has 9 heteroatoms. The zero-order chi connectivity index (χ0) is 24.2. The number of carbonyl (C=O) groups is 1. The number of para-hydroxylation sites is 1. The highest BCUT2D eigenvalue weighted by molar-refractivity contribution is 5.96. The van der Waals surface area contributed by atoms with Crippen molar-refractivity contribution in [2.45, 2.75) is 31.7 Å². The van der Waals surface area contributed by atoms with E-state index >= 15 is 0 Å². The second kappa shape index (κ2) is 9.50. The van der Waals surface area contributed by atoms with E-state index in [0.29, 0.717) is 18.5 Å². The lowest BCUT2D eigenvalue weighted by molar-refractivity contribution is -0.247. The summed E-state index contributed by atoms with van der Waals surface area (Å²) < 4.78 is 45.0. The summed E-state index contributed by atoms with van der Waals surface area (Å²) in [5, 5.41) is 24.3. The van der Waals surface area contributed by atoms with Gasteiger partial charge in [-0.05, 0) is 30.2 Å². The molecule has 2 aromatic carbocycles. The van der Waals surface area contributed by atoms with Gasteiger partial charge in [0.15, 0.2) is 0 Å². The van der Waals surface area contributed by atoms with Crippen molar-refractivity contribution in [2.24, 2.45) is 0 Å². The number of rotatable bonds is 8. The van der Waals surface area contributed by atoms with Crippen LogP contribution < -0.4 is 10.6 Å². The summed E-state index contributed by atoms with van der Waals surface area (Å²) in [6, 6.07) is 9.38. The Morgan fingerprint density at radius 1 is 1.24 bits per heavy atom. The average molecular weight is 458 g/mol. The van der Waals surface area contributed by atoms with Crippen LogP contribution in [0.4, 0.5) is 23.7 Å². The normalized spacial score (nSPS) is 13.4. The van der Waals surface area contributed by atoms with Crippen LogP contribution in [0.3, 0.4) is 0 Å². The molecule has 3 rings (SSSR count). The van der Waals surface area contributed by atoms with Gasteiger partial charge in [-0.1, -0.05) is 37.3 Å². The number of hydrogen-bond acceptors (Lipinski definition) is 3. The summed E-state index contributed by atoms with van der Waals surface area (Å²) in [5.74, 6) is 0. The molecule has 1 atom stereocenters. The van der Waals surface area contributed by atoms with E-state index in [4.69, 9.17) is 5.41 Å². The number of alkyl halides is 3. The van der Waals surface area contributed by atoms with Gasteiger partial charge in [-0.25, -0.2) is 4.79 Å². The van der Waals surface area contributed by atoms with Crippen LogP contribution in [0.1, 0.15) is 30.0 Å². The Labute approximate surface area is 189 Å². The lowest BCUT2D eigenvalue weighted by atomic mass is 9.84. The van der Waals surface area contributed by atoms with Gasteiger partial charge in [0.1, 0.15) is 0 Å². The van der Waals surface area contributed by atoms with Crippen molar-refractivity contribution in [3.05, 3.63) is 78.0 Å². The molecule has 174 valence electrons. The monoisotopic (exact) mass is 458 g/mol. The summed E-state index contributed by atoms with van der Waals surface area (Å²) in [4.78, 5) is 12.0. The number of benzene rings is 2. The molecule has 0 spiro atoms. The molecule has 6 nitrogen and oxygen atoms in total. The molecule has 0 fully saturated rings. The molecule has 2 amide bonds. The molecule has 0 aliphatic heterocycles. The minimum atomic E-state index is -5.07. The van der Waals surface area contributed by atoms with Crippen molar-refractivity contribution >= 4 is 28.8 Å². The topological polar surface area (TPSA) is 90.1 Å². The first-order chi connectivity index (χ1) is 15.7. The number of hydrogen-bond donors (Lipinski definition) is 4. The van der Waals surface area contributed by atoms with Crippen LogP contribution in [0.2, 0.25) is 0 Å².